The molecule has 3 aromatic carbocycles. The van der Waals surface area contributed by atoms with Crippen LogP contribution in [-0.4, -0.2) is 41.4 Å². The van der Waals surface area contributed by atoms with Crippen LogP contribution in [0.5, 0.6) is 23.0 Å². The normalized spacial score (nSPS) is 14.7. The molecule has 0 fully saturated rings. The van der Waals surface area contributed by atoms with E-state index < -0.39 is 0 Å². The summed E-state index contributed by atoms with van der Waals surface area (Å²) in [4.78, 5) is 3.43. The summed E-state index contributed by atoms with van der Waals surface area (Å²) >= 11 is 1.63. The van der Waals surface area contributed by atoms with Gasteiger partial charge in [-0.15, -0.1) is 11.3 Å². The van der Waals surface area contributed by atoms with E-state index in [0.29, 0.717) is 12.4 Å². The van der Waals surface area contributed by atoms with E-state index in [2.05, 4.69) is 18.7 Å². The molecule has 0 amide bonds. The number of phenolic OH excluding ortho intramolecular Hbond substituents is 2. The van der Waals surface area contributed by atoms with Crippen molar-refractivity contribution in [2.24, 2.45) is 0 Å². The average Bonchev–Trinajstić information content (AvgIpc) is 3.20. The third kappa shape index (κ3) is 4.12. The fourth-order valence-electron chi connectivity index (χ4n) is 4.35. The highest BCUT2D eigenvalue weighted by atomic mass is 32.1. The van der Waals surface area contributed by atoms with Crippen LogP contribution in [0.1, 0.15) is 31.1 Å². The zero-order chi connectivity index (χ0) is 22.9. The van der Waals surface area contributed by atoms with E-state index >= 15 is 0 Å². The quantitative estimate of drug-likeness (QED) is 0.344. The molecule has 170 valence electrons. The van der Waals surface area contributed by atoms with Crippen LogP contribution in [-0.2, 0) is 0 Å². The standard InChI is InChI=1S/C27H27NO4S/c1-3-28(4-2)13-14-31-20-9-5-17(6-10-20)26-25-22-12-8-19(30)16-24(22)33-27(25)21-11-7-18(29)15-23(21)32-26/h5-12,15-16,26,29-30H,3-4,13-14H2,1-2H3/t26-/m1/s1. The van der Waals surface area contributed by atoms with Gasteiger partial charge >= 0.3 is 0 Å². The first-order valence-electron chi connectivity index (χ1n) is 11.3. The lowest BCUT2D eigenvalue weighted by atomic mass is 9.93. The van der Waals surface area contributed by atoms with Gasteiger partial charge in [0.25, 0.3) is 0 Å². The number of aromatic hydroxyl groups is 2. The predicted octanol–water partition coefficient (Wildman–Crippen LogP) is 6.18. The Labute approximate surface area is 197 Å². The molecule has 33 heavy (non-hydrogen) atoms. The van der Waals surface area contributed by atoms with Crippen molar-refractivity contribution in [3.05, 3.63) is 71.8 Å². The first-order valence-corrected chi connectivity index (χ1v) is 12.1. The van der Waals surface area contributed by atoms with E-state index in [-0.39, 0.29) is 17.6 Å². The number of ether oxygens (including phenoxy) is 2. The molecule has 0 saturated carbocycles. The lowest BCUT2D eigenvalue weighted by Gasteiger charge is -2.27. The first-order chi connectivity index (χ1) is 16.1. The van der Waals surface area contributed by atoms with Gasteiger partial charge in [-0.25, -0.2) is 0 Å². The van der Waals surface area contributed by atoms with Crippen molar-refractivity contribution < 1.29 is 19.7 Å². The number of benzene rings is 3. The summed E-state index contributed by atoms with van der Waals surface area (Å²) in [6.45, 7) is 7.90. The second-order valence-electron chi connectivity index (χ2n) is 8.15. The third-order valence-corrected chi connectivity index (χ3v) is 7.38. The number of likely N-dealkylation sites (N-methyl/N-ethyl adjacent to an activating group) is 1. The first kappa shape index (κ1) is 21.6. The van der Waals surface area contributed by atoms with E-state index in [9.17, 15) is 10.2 Å². The molecule has 2 heterocycles. The smallest absolute Gasteiger partial charge is 0.151 e. The van der Waals surface area contributed by atoms with Crippen LogP contribution in [0.15, 0.2) is 60.7 Å². The maximum Gasteiger partial charge on any atom is 0.151 e. The molecular formula is C27H27NO4S. The van der Waals surface area contributed by atoms with Crippen LogP contribution in [0.3, 0.4) is 0 Å². The molecule has 0 radical (unpaired) electrons. The molecule has 0 unspecified atom stereocenters. The Kier molecular flexibility index (Phi) is 5.87. The molecule has 4 aromatic rings. The Morgan fingerprint density at radius 1 is 0.939 bits per heavy atom. The van der Waals surface area contributed by atoms with E-state index in [1.54, 1.807) is 35.6 Å². The van der Waals surface area contributed by atoms with Gasteiger partial charge in [0.2, 0.25) is 0 Å². The topological polar surface area (TPSA) is 62.2 Å². The van der Waals surface area contributed by atoms with Gasteiger partial charge < -0.3 is 24.6 Å². The van der Waals surface area contributed by atoms with Crippen LogP contribution < -0.4 is 9.47 Å². The van der Waals surface area contributed by atoms with Crippen molar-refractivity contribution in [3.63, 3.8) is 0 Å². The highest BCUT2D eigenvalue weighted by Gasteiger charge is 2.31. The fourth-order valence-corrected chi connectivity index (χ4v) is 5.65. The summed E-state index contributed by atoms with van der Waals surface area (Å²) in [5.41, 5.74) is 3.05. The molecule has 0 saturated heterocycles. The fraction of sp³-hybridized carbons (Fsp3) is 0.259. The minimum Gasteiger partial charge on any atom is -0.508 e. The number of hydrogen-bond acceptors (Lipinski definition) is 6. The second-order valence-corrected chi connectivity index (χ2v) is 9.20. The van der Waals surface area contributed by atoms with Crippen LogP contribution in [0.4, 0.5) is 0 Å². The maximum atomic E-state index is 10.0. The SMILES string of the molecule is CCN(CC)CCOc1ccc([C@H]2Oc3cc(O)ccc3-c3sc4cc(O)ccc4c32)cc1. The molecule has 0 aliphatic carbocycles. The number of fused-ring (bicyclic) bond motifs is 5. The van der Waals surface area contributed by atoms with Crippen LogP contribution in [0, 0.1) is 0 Å². The summed E-state index contributed by atoms with van der Waals surface area (Å²) in [6.07, 6.45) is -0.322. The molecule has 1 aliphatic rings. The van der Waals surface area contributed by atoms with E-state index in [0.717, 1.165) is 57.0 Å². The van der Waals surface area contributed by atoms with Gasteiger partial charge in [0.05, 0.1) is 0 Å². The minimum absolute atomic E-state index is 0.173. The second kappa shape index (κ2) is 8.96. The minimum atomic E-state index is -0.322. The maximum absolute atomic E-state index is 10.0. The Morgan fingerprint density at radius 2 is 1.67 bits per heavy atom. The predicted molar refractivity (Wildman–Crippen MR) is 133 cm³/mol. The third-order valence-electron chi connectivity index (χ3n) is 6.18. The number of hydrogen-bond donors (Lipinski definition) is 2. The van der Waals surface area contributed by atoms with Crippen LogP contribution in [0.25, 0.3) is 20.5 Å². The van der Waals surface area contributed by atoms with Crippen molar-refractivity contribution in [3.8, 4) is 33.4 Å². The van der Waals surface area contributed by atoms with Gasteiger partial charge in [-0.05, 0) is 61.1 Å². The average molecular weight is 462 g/mol. The summed E-state index contributed by atoms with van der Waals surface area (Å²) in [6, 6.07) is 18.7. The van der Waals surface area contributed by atoms with E-state index in [1.165, 1.54) is 0 Å². The monoisotopic (exact) mass is 461 g/mol. The molecule has 5 rings (SSSR count). The Balaban J connectivity index is 1.48. The lowest BCUT2D eigenvalue weighted by Crippen LogP contribution is -2.27. The van der Waals surface area contributed by atoms with Crippen molar-refractivity contribution >= 4 is 21.4 Å². The van der Waals surface area contributed by atoms with E-state index in [1.807, 2.05) is 36.4 Å². The van der Waals surface area contributed by atoms with Gasteiger partial charge in [0.15, 0.2) is 6.10 Å². The molecule has 5 nitrogen and oxygen atoms in total. The molecule has 1 aromatic heterocycles. The van der Waals surface area contributed by atoms with Gasteiger partial charge in [-0.3, -0.25) is 0 Å². The molecular weight excluding hydrogens is 434 g/mol. The summed E-state index contributed by atoms with van der Waals surface area (Å²) < 4.78 is 13.4. The number of phenols is 2. The van der Waals surface area contributed by atoms with Crippen molar-refractivity contribution in [1.82, 2.24) is 4.90 Å². The van der Waals surface area contributed by atoms with Crippen molar-refractivity contribution in [2.45, 2.75) is 20.0 Å². The molecule has 6 heteroatoms. The number of rotatable bonds is 7. The summed E-state index contributed by atoms with van der Waals surface area (Å²) in [5.74, 6) is 1.91. The Morgan fingerprint density at radius 3 is 2.42 bits per heavy atom. The van der Waals surface area contributed by atoms with Crippen LogP contribution in [0.2, 0.25) is 0 Å². The number of thiophene rings is 1. The van der Waals surface area contributed by atoms with Gasteiger partial charge in [-0.1, -0.05) is 26.0 Å². The summed E-state index contributed by atoms with van der Waals surface area (Å²) in [7, 11) is 0. The largest absolute Gasteiger partial charge is 0.508 e. The highest BCUT2D eigenvalue weighted by molar-refractivity contribution is 7.22. The van der Waals surface area contributed by atoms with Gasteiger partial charge in [-0.2, -0.15) is 0 Å². The Bertz CT molecular complexity index is 1280. The van der Waals surface area contributed by atoms with Crippen molar-refractivity contribution in [2.75, 3.05) is 26.2 Å². The zero-order valence-electron chi connectivity index (χ0n) is 18.7. The van der Waals surface area contributed by atoms with Gasteiger partial charge in [0, 0.05) is 38.7 Å². The Hall–Kier alpha value is -3.22. The molecule has 0 bridgehead atoms. The van der Waals surface area contributed by atoms with Crippen LogP contribution >= 0.6 is 11.3 Å². The zero-order valence-corrected chi connectivity index (χ0v) is 19.6. The highest BCUT2D eigenvalue weighted by Crippen LogP contribution is 2.52. The van der Waals surface area contributed by atoms with E-state index in [4.69, 9.17) is 9.47 Å². The number of nitrogens with zero attached hydrogens (tertiary/aromatic N) is 1. The molecule has 1 aliphatic heterocycles. The van der Waals surface area contributed by atoms with Gasteiger partial charge in [0.1, 0.15) is 29.6 Å². The molecule has 0 spiro atoms. The summed E-state index contributed by atoms with van der Waals surface area (Å²) in [5, 5.41) is 21.1. The molecule has 1 atom stereocenters. The van der Waals surface area contributed by atoms with Crippen molar-refractivity contribution in [1.29, 1.82) is 0 Å². The lowest BCUT2D eigenvalue weighted by molar-refractivity contribution is 0.222. The molecule has 2 N–H and O–H groups in total.